The second-order valence-electron chi connectivity index (χ2n) is 2.67. The molecule has 1 heterocycles. The number of amides is 1. The molecule has 3 N–H and O–H groups in total. The third kappa shape index (κ3) is 2.85. The number of carbonyl (C=O) groups is 1. The maximum atomic E-state index is 10.7. The van der Waals surface area contributed by atoms with Gasteiger partial charge >= 0.3 is 0 Å². The van der Waals surface area contributed by atoms with Crippen molar-refractivity contribution in [3.05, 3.63) is 30.5 Å². The van der Waals surface area contributed by atoms with Gasteiger partial charge in [0.15, 0.2) is 5.69 Å². The number of primary amides is 1. The van der Waals surface area contributed by atoms with Crippen molar-refractivity contribution in [3.63, 3.8) is 0 Å². The van der Waals surface area contributed by atoms with Gasteiger partial charge in [-0.2, -0.15) is 0 Å². The molecule has 0 bridgehead atoms. The molecular weight excluding hydrogens is 180 g/mol. The Morgan fingerprint density at radius 1 is 1.57 bits per heavy atom. The Labute approximate surface area is 82.0 Å². The molecule has 0 fully saturated rings. The van der Waals surface area contributed by atoms with Crippen LogP contribution >= 0.6 is 0 Å². The lowest BCUT2D eigenvalue weighted by Gasteiger charge is -2.02. The summed E-state index contributed by atoms with van der Waals surface area (Å²) in [4.78, 5) is 10.7. The molecule has 5 nitrogen and oxygen atoms in total. The second kappa shape index (κ2) is 4.96. The van der Waals surface area contributed by atoms with E-state index in [0.717, 1.165) is 13.0 Å². The van der Waals surface area contributed by atoms with Crippen LogP contribution in [-0.4, -0.2) is 22.6 Å². The highest BCUT2D eigenvalue weighted by Crippen LogP contribution is 2.01. The Balaban J connectivity index is 2.55. The van der Waals surface area contributed by atoms with E-state index < -0.39 is 5.91 Å². The Morgan fingerprint density at radius 3 is 2.86 bits per heavy atom. The predicted molar refractivity (Wildman–Crippen MR) is 53.9 cm³/mol. The van der Waals surface area contributed by atoms with Gasteiger partial charge in [-0.25, -0.2) is 0 Å². The summed E-state index contributed by atoms with van der Waals surface area (Å²) in [6.45, 7) is 4.34. The van der Waals surface area contributed by atoms with Crippen LogP contribution in [0.25, 0.3) is 0 Å². The van der Waals surface area contributed by atoms with E-state index in [1.807, 2.05) is 0 Å². The molecule has 0 atom stereocenters. The summed E-state index contributed by atoms with van der Waals surface area (Å²) >= 11 is 0. The topological polar surface area (TPSA) is 80.9 Å². The first kappa shape index (κ1) is 10.2. The van der Waals surface area contributed by atoms with Crippen LogP contribution in [0.5, 0.6) is 0 Å². The molecule has 1 rings (SSSR count). The smallest absolute Gasteiger partial charge is 0.269 e. The van der Waals surface area contributed by atoms with Crippen molar-refractivity contribution in [2.45, 2.75) is 6.42 Å². The van der Waals surface area contributed by atoms with Crippen molar-refractivity contribution < 1.29 is 4.79 Å². The number of nitrogens with two attached hydrogens (primary N) is 1. The van der Waals surface area contributed by atoms with Crippen molar-refractivity contribution in [1.29, 1.82) is 0 Å². The molecule has 0 spiro atoms. The maximum Gasteiger partial charge on any atom is 0.269 e. The first-order valence-corrected chi connectivity index (χ1v) is 4.22. The molecule has 0 aliphatic rings. The molecule has 74 valence electrons. The number of rotatable bonds is 5. The van der Waals surface area contributed by atoms with Gasteiger partial charge in [-0.15, -0.1) is 16.8 Å². The summed E-state index contributed by atoms with van der Waals surface area (Å²) in [5, 5.41) is 10.4. The average Bonchev–Trinajstić information content (AvgIpc) is 2.19. The molecule has 0 aromatic carbocycles. The molecule has 0 aliphatic carbocycles. The van der Waals surface area contributed by atoms with E-state index in [2.05, 4.69) is 22.1 Å². The van der Waals surface area contributed by atoms with Crippen LogP contribution in [0.4, 0.5) is 5.82 Å². The number of nitrogens with one attached hydrogen (secondary N) is 1. The van der Waals surface area contributed by atoms with Gasteiger partial charge < -0.3 is 11.1 Å². The summed E-state index contributed by atoms with van der Waals surface area (Å²) in [6, 6.07) is 3.20. The zero-order chi connectivity index (χ0) is 10.4. The van der Waals surface area contributed by atoms with Crippen molar-refractivity contribution in [2.75, 3.05) is 11.9 Å². The normalized spacial score (nSPS) is 9.43. The monoisotopic (exact) mass is 192 g/mol. The zero-order valence-electron chi connectivity index (χ0n) is 7.73. The van der Waals surface area contributed by atoms with Crippen LogP contribution in [0.3, 0.4) is 0 Å². The fourth-order valence-corrected chi connectivity index (χ4v) is 0.860. The first-order chi connectivity index (χ1) is 6.74. The largest absolute Gasteiger partial charge is 0.368 e. The summed E-state index contributed by atoms with van der Waals surface area (Å²) in [6.07, 6.45) is 2.65. The molecule has 0 saturated heterocycles. The highest BCUT2D eigenvalue weighted by molar-refractivity contribution is 5.90. The summed E-state index contributed by atoms with van der Waals surface area (Å²) in [7, 11) is 0. The highest BCUT2D eigenvalue weighted by Gasteiger charge is 2.01. The number of anilines is 1. The van der Waals surface area contributed by atoms with Crippen LogP contribution in [0.15, 0.2) is 24.8 Å². The van der Waals surface area contributed by atoms with Gasteiger partial charge in [0.05, 0.1) is 0 Å². The first-order valence-electron chi connectivity index (χ1n) is 4.22. The van der Waals surface area contributed by atoms with Gasteiger partial charge in [0.25, 0.3) is 5.91 Å². The lowest BCUT2D eigenvalue weighted by Crippen LogP contribution is -2.14. The minimum Gasteiger partial charge on any atom is -0.368 e. The van der Waals surface area contributed by atoms with Crippen LogP contribution < -0.4 is 11.1 Å². The third-order valence-electron chi connectivity index (χ3n) is 1.57. The van der Waals surface area contributed by atoms with Crippen molar-refractivity contribution in [2.24, 2.45) is 5.73 Å². The van der Waals surface area contributed by atoms with Gasteiger partial charge in [-0.1, -0.05) is 6.08 Å². The van der Waals surface area contributed by atoms with Gasteiger partial charge in [0, 0.05) is 6.54 Å². The zero-order valence-corrected chi connectivity index (χ0v) is 7.73. The number of aromatic nitrogens is 2. The van der Waals surface area contributed by atoms with E-state index in [-0.39, 0.29) is 5.69 Å². The number of nitrogens with zero attached hydrogens (tertiary/aromatic N) is 2. The van der Waals surface area contributed by atoms with Crippen LogP contribution in [0.1, 0.15) is 16.9 Å². The van der Waals surface area contributed by atoms with E-state index in [1.54, 1.807) is 12.1 Å². The fraction of sp³-hybridized carbons (Fsp3) is 0.222. The van der Waals surface area contributed by atoms with E-state index in [4.69, 9.17) is 5.73 Å². The molecule has 0 radical (unpaired) electrons. The van der Waals surface area contributed by atoms with E-state index in [9.17, 15) is 4.79 Å². The molecule has 1 aromatic rings. The summed E-state index contributed by atoms with van der Waals surface area (Å²) < 4.78 is 0. The molecule has 1 amide bonds. The van der Waals surface area contributed by atoms with Gasteiger partial charge in [0.2, 0.25) is 0 Å². The van der Waals surface area contributed by atoms with Gasteiger partial charge in [-0.3, -0.25) is 4.79 Å². The Bertz CT molecular complexity index is 320. The maximum absolute atomic E-state index is 10.7. The minimum atomic E-state index is -0.574. The van der Waals surface area contributed by atoms with Crippen LogP contribution in [0.2, 0.25) is 0 Å². The number of hydrogen-bond acceptors (Lipinski definition) is 4. The summed E-state index contributed by atoms with van der Waals surface area (Å²) in [5.41, 5.74) is 5.18. The van der Waals surface area contributed by atoms with E-state index in [0.29, 0.717) is 5.82 Å². The van der Waals surface area contributed by atoms with E-state index >= 15 is 0 Å². The van der Waals surface area contributed by atoms with Crippen molar-refractivity contribution in [1.82, 2.24) is 10.2 Å². The van der Waals surface area contributed by atoms with Crippen molar-refractivity contribution in [3.8, 4) is 0 Å². The quantitative estimate of drug-likeness (QED) is 0.527. The summed E-state index contributed by atoms with van der Waals surface area (Å²) in [5.74, 6) is 0.0481. The Kier molecular flexibility index (Phi) is 3.60. The Morgan fingerprint density at radius 2 is 2.36 bits per heavy atom. The lowest BCUT2D eigenvalue weighted by atomic mass is 10.3. The van der Waals surface area contributed by atoms with Gasteiger partial charge in [0.1, 0.15) is 5.82 Å². The molecule has 0 unspecified atom stereocenters. The second-order valence-corrected chi connectivity index (χ2v) is 2.67. The standard InChI is InChI=1S/C9H12N4O/c1-2-3-6-11-8-5-4-7(9(10)14)12-13-8/h2,4-5H,1,3,6H2,(H2,10,14)(H,11,13). The molecule has 14 heavy (non-hydrogen) atoms. The minimum absolute atomic E-state index is 0.166. The van der Waals surface area contributed by atoms with Crippen LogP contribution in [-0.2, 0) is 0 Å². The van der Waals surface area contributed by atoms with Gasteiger partial charge in [-0.05, 0) is 18.6 Å². The third-order valence-corrected chi connectivity index (χ3v) is 1.57. The highest BCUT2D eigenvalue weighted by atomic mass is 16.1. The SMILES string of the molecule is C=CCCNc1ccc(C(N)=O)nn1. The molecule has 1 aromatic heterocycles. The average molecular weight is 192 g/mol. The van der Waals surface area contributed by atoms with Crippen LogP contribution in [0, 0.1) is 0 Å². The number of carbonyl (C=O) groups excluding carboxylic acids is 1. The molecule has 0 saturated carbocycles. The lowest BCUT2D eigenvalue weighted by molar-refractivity contribution is 0.0994. The molecule has 0 aliphatic heterocycles. The fourth-order valence-electron chi connectivity index (χ4n) is 0.860. The molecular formula is C9H12N4O. The molecule has 5 heteroatoms. The Hall–Kier alpha value is -1.91. The van der Waals surface area contributed by atoms with Crippen molar-refractivity contribution >= 4 is 11.7 Å². The van der Waals surface area contributed by atoms with E-state index in [1.165, 1.54) is 6.07 Å². The number of hydrogen-bond donors (Lipinski definition) is 2. The predicted octanol–water partition coefficient (Wildman–Crippen LogP) is 0.564.